The van der Waals surface area contributed by atoms with E-state index in [1.165, 1.54) is 12.1 Å². The number of piperidine rings is 2. The lowest BCUT2D eigenvalue weighted by molar-refractivity contribution is 0.0152. The van der Waals surface area contributed by atoms with Crippen molar-refractivity contribution in [3.8, 4) is 6.07 Å². The summed E-state index contributed by atoms with van der Waals surface area (Å²) in [4.78, 5) is 16.1. The third kappa shape index (κ3) is 4.95. The number of amides is 1. The Morgan fingerprint density at radius 3 is 2.21 bits per heavy atom. The molecule has 28 heavy (non-hydrogen) atoms. The van der Waals surface area contributed by atoms with Crippen LogP contribution in [0.15, 0.2) is 18.2 Å². The quantitative estimate of drug-likeness (QED) is 0.746. The van der Waals surface area contributed by atoms with Crippen molar-refractivity contribution in [2.75, 3.05) is 31.1 Å². The highest BCUT2D eigenvalue weighted by atomic mass is 19.1. The molecule has 2 heterocycles. The molecule has 0 bridgehead atoms. The number of halogens is 1. The van der Waals surface area contributed by atoms with Crippen LogP contribution in [0.5, 0.6) is 0 Å². The summed E-state index contributed by atoms with van der Waals surface area (Å²) in [6, 6.07) is 6.63. The second-order valence-electron chi connectivity index (χ2n) is 8.91. The average molecular weight is 387 g/mol. The zero-order chi connectivity index (χ0) is 20.3. The van der Waals surface area contributed by atoms with Gasteiger partial charge in [-0.05, 0) is 76.5 Å². The van der Waals surface area contributed by atoms with Gasteiger partial charge < -0.3 is 14.5 Å². The topological polar surface area (TPSA) is 56.6 Å². The molecule has 1 aromatic rings. The van der Waals surface area contributed by atoms with Crippen molar-refractivity contribution in [1.29, 1.82) is 5.26 Å². The molecule has 2 aliphatic heterocycles. The predicted molar refractivity (Wildman–Crippen MR) is 107 cm³/mol. The summed E-state index contributed by atoms with van der Waals surface area (Å²) in [6.45, 7) is 8.78. The van der Waals surface area contributed by atoms with Gasteiger partial charge in [-0.1, -0.05) is 0 Å². The molecule has 6 heteroatoms. The predicted octanol–water partition coefficient (Wildman–Crippen LogP) is 4.56. The molecule has 5 nitrogen and oxygen atoms in total. The van der Waals surface area contributed by atoms with E-state index in [2.05, 4.69) is 11.0 Å². The van der Waals surface area contributed by atoms with Gasteiger partial charge in [-0.3, -0.25) is 0 Å². The Hall–Kier alpha value is -2.29. The Labute approximate surface area is 167 Å². The number of carbonyl (C=O) groups is 1. The lowest BCUT2D eigenvalue weighted by Crippen LogP contribution is -2.44. The van der Waals surface area contributed by atoms with E-state index in [0.29, 0.717) is 23.1 Å². The highest BCUT2D eigenvalue weighted by Crippen LogP contribution is 2.35. The molecule has 0 spiro atoms. The molecule has 2 saturated heterocycles. The van der Waals surface area contributed by atoms with Gasteiger partial charge in [-0.2, -0.15) is 5.26 Å². The Kier molecular flexibility index (Phi) is 6.12. The smallest absolute Gasteiger partial charge is 0.410 e. The summed E-state index contributed by atoms with van der Waals surface area (Å²) < 4.78 is 19.7. The number of likely N-dealkylation sites (tertiary alicyclic amines) is 1. The van der Waals surface area contributed by atoms with Crippen molar-refractivity contribution in [3.05, 3.63) is 29.6 Å². The third-order valence-electron chi connectivity index (χ3n) is 5.81. The minimum atomic E-state index is -0.459. The lowest BCUT2D eigenvalue weighted by Gasteiger charge is -2.41. The fourth-order valence-electron chi connectivity index (χ4n) is 4.32. The van der Waals surface area contributed by atoms with E-state index in [9.17, 15) is 9.18 Å². The van der Waals surface area contributed by atoms with E-state index < -0.39 is 5.60 Å². The van der Waals surface area contributed by atoms with E-state index in [0.717, 1.165) is 51.9 Å². The lowest BCUT2D eigenvalue weighted by atomic mass is 9.79. The Balaban J connectivity index is 1.50. The average Bonchev–Trinajstić information content (AvgIpc) is 2.67. The van der Waals surface area contributed by atoms with Crippen LogP contribution < -0.4 is 4.90 Å². The van der Waals surface area contributed by atoms with Gasteiger partial charge in [0.15, 0.2) is 0 Å². The normalized spacial score (nSPS) is 19.4. The third-order valence-corrected chi connectivity index (χ3v) is 5.81. The number of ether oxygens (including phenoxy) is 1. The molecule has 2 aliphatic rings. The van der Waals surface area contributed by atoms with E-state index in [1.807, 2.05) is 25.7 Å². The number of nitriles is 1. The number of benzene rings is 1. The number of anilines is 1. The van der Waals surface area contributed by atoms with E-state index in [-0.39, 0.29) is 11.9 Å². The van der Waals surface area contributed by atoms with Gasteiger partial charge in [-0.25, -0.2) is 9.18 Å². The molecule has 0 radical (unpaired) electrons. The number of hydrogen-bond acceptors (Lipinski definition) is 4. The molecule has 3 rings (SSSR count). The molecule has 152 valence electrons. The van der Waals surface area contributed by atoms with Crippen LogP contribution in [0.4, 0.5) is 14.9 Å². The summed E-state index contributed by atoms with van der Waals surface area (Å²) in [5.74, 6) is 0.957. The van der Waals surface area contributed by atoms with Crippen LogP contribution >= 0.6 is 0 Å². The maximum Gasteiger partial charge on any atom is 0.410 e. The largest absolute Gasteiger partial charge is 0.444 e. The molecule has 1 amide bonds. The molecule has 2 fully saturated rings. The van der Waals surface area contributed by atoms with Crippen LogP contribution in [0.2, 0.25) is 0 Å². The molecule has 1 aromatic carbocycles. The maximum atomic E-state index is 14.2. The number of carbonyl (C=O) groups excluding carboxylic acids is 1. The fraction of sp³-hybridized carbons (Fsp3) is 0.636. The Bertz CT molecular complexity index is 737. The van der Waals surface area contributed by atoms with Gasteiger partial charge >= 0.3 is 6.09 Å². The Morgan fingerprint density at radius 1 is 1.11 bits per heavy atom. The Morgan fingerprint density at radius 2 is 1.68 bits per heavy atom. The van der Waals surface area contributed by atoms with Crippen LogP contribution in [-0.2, 0) is 4.74 Å². The summed E-state index contributed by atoms with van der Waals surface area (Å²) in [6.07, 6.45) is 3.83. The van der Waals surface area contributed by atoms with Gasteiger partial charge in [0.05, 0.1) is 17.3 Å². The van der Waals surface area contributed by atoms with E-state index in [1.54, 1.807) is 6.07 Å². The van der Waals surface area contributed by atoms with Crippen molar-refractivity contribution in [3.63, 3.8) is 0 Å². The minimum absolute atomic E-state index is 0.214. The zero-order valence-electron chi connectivity index (χ0n) is 17.1. The summed E-state index contributed by atoms with van der Waals surface area (Å²) in [5.41, 5.74) is 0.573. The molecule has 0 N–H and O–H groups in total. The fourth-order valence-corrected chi connectivity index (χ4v) is 4.32. The first-order valence-electron chi connectivity index (χ1n) is 10.2. The summed E-state index contributed by atoms with van der Waals surface area (Å²) in [5, 5.41) is 9.06. The second kappa shape index (κ2) is 8.38. The van der Waals surface area contributed by atoms with E-state index in [4.69, 9.17) is 10.00 Å². The molecular weight excluding hydrogens is 357 g/mol. The van der Waals surface area contributed by atoms with Crippen molar-refractivity contribution in [2.45, 2.75) is 52.1 Å². The molecule has 0 aliphatic carbocycles. The monoisotopic (exact) mass is 387 g/mol. The molecule has 0 aromatic heterocycles. The van der Waals surface area contributed by atoms with E-state index >= 15 is 0 Å². The molecule has 0 unspecified atom stereocenters. The van der Waals surface area contributed by atoms with Crippen LogP contribution in [-0.4, -0.2) is 42.8 Å². The van der Waals surface area contributed by atoms with Gasteiger partial charge in [0.1, 0.15) is 11.4 Å². The standard InChI is InChI=1S/C22H30FN3O2/c1-22(2,3)28-21(27)26-12-8-18(9-13-26)17-6-10-25(11-7-17)20-14-16(15-24)4-5-19(20)23/h4-5,14,17-18H,6-13H2,1-3H3. The molecule has 0 saturated carbocycles. The van der Waals surface area contributed by atoms with Crippen molar-refractivity contribution in [1.82, 2.24) is 4.90 Å². The van der Waals surface area contributed by atoms with Gasteiger partial charge in [0.25, 0.3) is 0 Å². The second-order valence-corrected chi connectivity index (χ2v) is 8.91. The number of hydrogen-bond donors (Lipinski definition) is 0. The minimum Gasteiger partial charge on any atom is -0.444 e. The first-order chi connectivity index (χ1) is 13.3. The highest BCUT2D eigenvalue weighted by molar-refractivity contribution is 5.68. The van der Waals surface area contributed by atoms with Gasteiger partial charge in [-0.15, -0.1) is 0 Å². The van der Waals surface area contributed by atoms with Crippen molar-refractivity contribution >= 4 is 11.8 Å². The van der Waals surface area contributed by atoms with Crippen LogP contribution in [0.3, 0.4) is 0 Å². The zero-order valence-corrected chi connectivity index (χ0v) is 17.1. The SMILES string of the molecule is CC(C)(C)OC(=O)N1CCC(C2CCN(c3cc(C#N)ccc3F)CC2)CC1. The molecular formula is C22H30FN3O2. The summed E-state index contributed by atoms with van der Waals surface area (Å²) in [7, 11) is 0. The first kappa shape index (κ1) is 20.4. The number of rotatable bonds is 2. The van der Waals surface area contributed by atoms with Crippen molar-refractivity contribution < 1.29 is 13.9 Å². The number of nitrogens with zero attached hydrogens (tertiary/aromatic N) is 3. The van der Waals surface area contributed by atoms with Crippen LogP contribution in [0.1, 0.15) is 52.0 Å². The van der Waals surface area contributed by atoms with Crippen LogP contribution in [0, 0.1) is 29.0 Å². The maximum absolute atomic E-state index is 14.2. The van der Waals surface area contributed by atoms with Gasteiger partial charge in [0, 0.05) is 26.2 Å². The summed E-state index contributed by atoms with van der Waals surface area (Å²) >= 11 is 0. The molecule has 0 atom stereocenters. The van der Waals surface area contributed by atoms with Crippen LogP contribution in [0.25, 0.3) is 0 Å². The highest BCUT2D eigenvalue weighted by Gasteiger charge is 2.32. The first-order valence-corrected chi connectivity index (χ1v) is 10.2. The van der Waals surface area contributed by atoms with Gasteiger partial charge in [0.2, 0.25) is 0 Å². The van der Waals surface area contributed by atoms with Crippen molar-refractivity contribution in [2.24, 2.45) is 11.8 Å².